The lowest BCUT2D eigenvalue weighted by molar-refractivity contribution is -0.121. The zero-order valence-electron chi connectivity index (χ0n) is 19.7. The van der Waals surface area contributed by atoms with Crippen molar-refractivity contribution in [1.29, 1.82) is 0 Å². The van der Waals surface area contributed by atoms with Crippen LogP contribution in [0.5, 0.6) is 0 Å². The van der Waals surface area contributed by atoms with Gasteiger partial charge in [-0.1, -0.05) is 75.3 Å². The summed E-state index contributed by atoms with van der Waals surface area (Å²) >= 11 is 0. The predicted octanol–water partition coefficient (Wildman–Crippen LogP) is 6.81. The minimum atomic E-state index is -0.684. The first kappa shape index (κ1) is 28.7. The number of nitrogens with one attached hydrogen (secondary N) is 1. The van der Waals surface area contributed by atoms with Crippen molar-refractivity contribution in [3.05, 3.63) is 48.6 Å². The third kappa shape index (κ3) is 23.8. The Morgan fingerprint density at radius 3 is 1.81 bits per heavy atom. The maximum atomic E-state index is 11.7. The van der Waals surface area contributed by atoms with Gasteiger partial charge in [-0.15, -0.1) is 0 Å². The molecule has 0 unspecified atom stereocenters. The molecular formula is C26H43NO4. The number of carbonyl (C=O) groups excluding carboxylic acids is 2. The Morgan fingerprint density at radius 1 is 0.677 bits per heavy atom. The highest BCUT2D eigenvalue weighted by Gasteiger charge is 2.03. The molecule has 0 heterocycles. The van der Waals surface area contributed by atoms with Crippen molar-refractivity contribution in [1.82, 2.24) is 5.32 Å². The van der Waals surface area contributed by atoms with Gasteiger partial charge in [0.1, 0.15) is 6.61 Å². The number of hydrogen-bond donors (Lipinski definition) is 1. The summed E-state index contributed by atoms with van der Waals surface area (Å²) in [6, 6.07) is 0. The summed E-state index contributed by atoms with van der Waals surface area (Å²) in [5.41, 5.74) is 0. The molecule has 0 bridgehead atoms. The third-order valence-corrected chi connectivity index (χ3v) is 4.30. The van der Waals surface area contributed by atoms with Crippen LogP contribution in [0.2, 0.25) is 0 Å². The number of carbonyl (C=O) groups is 2. The van der Waals surface area contributed by atoms with Crippen molar-refractivity contribution >= 4 is 12.1 Å². The summed E-state index contributed by atoms with van der Waals surface area (Å²) in [6.07, 6.45) is 27.8. The first-order chi connectivity index (χ1) is 15.2. The molecule has 176 valence electrons. The Balaban J connectivity index is 3.50. The van der Waals surface area contributed by atoms with E-state index >= 15 is 0 Å². The van der Waals surface area contributed by atoms with E-state index in [4.69, 9.17) is 9.47 Å². The monoisotopic (exact) mass is 433 g/mol. The van der Waals surface area contributed by atoms with Gasteiger partial charge in [0.15, 0.2) is 0 Å². The van der Waals surface area contributed by atoms with Crippen LogP contribution in [-0.2, 0) is 14.3 Å². The normalized spacial score (nSPS) is 11.8. The molecule has 0 aliphatic rings. The SMILES string of the molecule is CCCCC/C=C\C/C=C\C/C=C\C/C=C\CCCC(=O)NCCOC(=O)OCCC. The zero-order valence-corrected chi connectivity index (χ0v) is 19.7. The zero-order chi connectivity index (χ0) is 22.8. The molecule has 0 aliphatic heterocycles. The van der Waals surface area contributed by atoms with Gasteiger partial charge in [0.25, 0.3) is 0 Å². The number of rotatable bonds is 19. The molecule has 5 heteroatoms. The van der Waals surface area contributed by atoms with Gasteiger partial charge in [-0.05, 0) is 51.4 Å². The molecule has 0 rings (SSSR count). The second-order valence-electron chi connectivity index (χ2n) is 7.28. The lowest BCUT2D eigenvalue weighted by Gasteiger charge is -2.06. The first-order valence-corrected chi connectivity index (χ1v) is 11.9. The highest BCUT2D eigenvalue weighted by molar-refractivity contribution is 5.75. The molecule has 5 nitrogen and oxygen atoms in total. The van der Waals surface area contributed by atoms with E-state index in [1.54, 1.807) is 0 Å². The van der Waals surface area contributed by atoms with Crippen molar-refractivity contribution in [2.24, 2.45) is 0 Å². The van der Waals surface area contributed by atoms with E-state index in [1.165, 1.54) is 25.7 Å². The fraction of sp³-hybridized carbons (Fsp3) is 0.615. The van der Waals surface area contributed by atoms with Crippen LogP contribution in [0.25, 0.3) is 0 Å². The Morgan fingerprint density at radius 2 is 1.23 bits per heavy atom. The van der Waals surface area contributed by atoms with Crippen LogP contribution < -0.4 is 5.32 Å². The Hall–Kier alpha value is -2.30. The van der Waals surface area contributed by atoms with Crippen LogP contribution in [0.4, 0.5) is 4.79 Å². The van der Waals surface area contributed by atoms with Crippen LogP contribution >= 0.6 is 0 Å². The van der Waals surface area contributed by atoms with Crippen molar-refractivity contribution in [3.8, 4) is 0 Å². The van der Waals surface area contributed by atoms with Gasteiger partial charge in [-0.3, -0.25) is 4.79 Å². The van der Waals surface area contributed by atoms with Crippen LogP contribution in [0.3, 0.4) is 0 Å². The number of ether oxygens (including phenoxy) is 2. The molecule has 0 saturated heterocycles. The number of hydrogen-bond acceptors (Lipinski definition) is 4. The molecule has 0 atom stereocenters. The van der Waals surface area contributed by atoms with Gasteiger partial charge in [-0.25, -0.2) is 4.79 Å². The average molecular weight is 434 g/mol. The summed E-state index contributed by atoms with van der Waals surface area (Å²) in [7, 11) is 0. The molecule has 1 N–H and O–H groups in total. The van der Waals surface area contributed by atoms with Gasteiger partial charge in [-0.2, -0.15) is 0 Å². The molecule has 0 aromatic rings. The highest BCUT2D eigenvalue weighted by Crippen LogP contribution is 2.01. The quantitative estimate of drug-likeness (QED) is 0.138. The largest absolute Gasteiger partial charge is 0.508 e. The summed E-state index contributed by atoms with van der Waals surface area (Å²) in [5.74, 6) is -0.0265. The fourth-order valence-electron chi connectivity index (χ4n) is 2.58. The average Bonchev–Trinajstić information content (AvgIpc) is 2.77. The van der Waals surface area contributed by atoms with Gasteiger partial charge in [0, 0.05) is 6.42 Å². The minimum absolute atomic E-state index is 0.0265. The van der Waals surface area contributed by atoms with E-state index in [-0.39, 0.29) is 12.5 Å². The van der Waals surface area contributed by atoms with E-state index in [0.717, 1.165) is 38.5 Å². The molecule has 0 spiro atoms. The lowest BCUT2D eigenvalue weighted by atomic mass is 10.2. The van der Waals surface area contributed by atoms with Crippen molar-refractivity contribution in [2.45, 2.75) is 84.5 Å². The molecule has 0 aromatic heterocycles. The molecule has 1 amide bonds. The van der Waals surface area contributed by atoms with Gasteiger partial charge >= 0.3 is 6.16 Å². The van der Waals surface area contributed by atoms with E-state index in [1.807, 2.05) is 6.92 Å². The van der Waals surface area contributed by atoms with E-state index in [2.05, 4.69) is 60.8 Å². The van der Waals surface area contributed by atoms with Crippen molar-refractivity contribution in [2.75, 3.05) is 19.8 Å². The second-order valence-corrected chi connectivity index (χ2v) is 7.28. The van der Waals surface area contributed by atoms with Crippen LogP contribution in [-0.4, -0.2) is 31.8 Å². The Labute approximate surface area is 189 Å². The molecule has 31 heavy (non-hydrogen) atoms. The first-order valence-electron chi connectivity index (χ1n) is 11.9. The highest BCUT2D eigenvalue weighted by atomic mass is 16.7. The predicted molar refractivity (Wildman–Crippen MR) is 129 cm³/mol. The van der Waals surface area contributed by atoms with E-state index in [9.17, 15) is 9.59 Å². The summed E-state index contributed by atoms with van der Waals surface area (Å²) in [5, 5.41) is 2.73. The molecule has 0 fully saturated rings. The fourth-order valence-corrected chi connectivity index (χ4v) is 2.58. The molecule has 0 aliphatic carbocycles. The summed E-state index contributed by atoms with van der Waals surface area (Å²) < 4.78 is 9.61. The van der Waals surface area contributed by atoms with E-state index < -0.39 is 6.16 Å². The maximum absolute atomic E-state index is 11.7. The topological polar surface area (TPSA) is 64.6 Å². The third-order valence-electron chi connectivity index (χ3n) is 4.30. The number of allylic oxidation sites excluding steroid dienone is 8. The van der Waals surface area contributed by atoms with Gasteiger partial charge < -0.3 is 14.8 Å². The summed E-state index contributed by atoms with van der Waals surface area (Å²) in [4.78, 5) is 22.8. The van der Waals surface area contributed by atoms with Gasteiger partial charge in [0.2, 0.25) is 5.91 Å². The number of unbranched alkanes of at least 4 members (excludes halogenated alkanes) is 4. The van der Waals surface area contributed by atoms with Crippen molar-refractivity contribution < 1.29 is 19.1 Å². The van der Waals surface area contributed by atoms with Crippen LogP contribution in [0.1, 0.15) is 84.5 Å². The number of amides is 1. The van der Waals surface area contributed by atoms with Crippen LogP contribution in [0.15, 0.2) is 48.6 Å². The van der Waals surface area contributed by atoms with Crippen molar-refractivity contribution in [3.63, 3.8) is 0 Å². The Kier molecular flexibility index (Phi) is 22.2. The van der Waals surface area contributed by atoms with Crippen LogP contribution in [0, 0.1) is 0 Å². The minimum Gasteiger partial charge on any atom is -0.434 e. The smallest absolute Gasteiger partial charge is 0.434 e. The molecular weight excluding hydrogens is 390 g/mol. The summed E-state index contributed by atoms with van der Waals surface area (Å²) in [6.45, 7) is 4.93. The molecule has 0 aromatic carbocycles. The molecule has 0 saturated carbocycles. The maximum Gasteiger partial charge on any atom is 0.508 e. The lowest BCUT2D eigenvalue weighted by Crippen LogP contribution is -2.27. The Bertz CT molecular complexity index is 550. The molecule has 0 radical (unpaired) electrons. The van der Waals surface area contributed by atoms with Gasteiger partial charge in [0.05, 0.1) is 13.2 Å². The van der Waals surface area contributed by atoms with E-state index in [0.29, 0.717) is 19.6 Å². The second kappa shape index (κ2) is 24.0. The standard InChI is InChI=1S/C26H43NO4/c1-3-5-6-7-8-9-10-11-12-13-14-15-16-17-18-19-20-21-25(28)27-22-24-31-26(29)30-23-4-2/h8-9,11-12,14-15,17-18H,3-7,10,13,16,19-24H2,1-2H3,(H,27,28)/b9-8-,12-11-,15-14-,18-17-.